The number of benzene rings is 1. The van der Waals surface area contributed by atoms with Crippen molar-refractivity contribution in [3.63, 3.8) is 0 Å². The maximum absolute atomic E-state index is 6.00. The average molecular weight is 462 g/mol. The molecule has 0 saturated carbocycles. The molecular weight excluding hydrogens is 431 g/mol. The van der Waals surface area contributed by atoms with Gasteiger partial charge in [0.05, 0.1) is 13.2 Å². The fourth-order valence-corrected chi connectivity index (χ4v) is 2.55. The average Bonchev–Trinajstić information content (AvgIpc) is 2.60. The first-order valence-corrected chi connectivity index (χ1v) is 8.67. The van der Waals surface area contributed by atoms with E-state index in [1.807, 2.05) is 18.2 Å². The van der Waals surface area contributed by atoms with Crippen LogP contribution >= 0.6 is 24.0 Å². The maximum Gasteiger partial charge on any atom is 0.191 e. The highest BCUT2D eigenvalue weighted by Gasteiger charge is 2.10. The molecule has 0 unspecified atom stereocenters. The van der Waals surface area contributed by atoms with Crippen molar-refractivity contribution < 1.29 is 9.47 Å². The van der Waals surface area contributed by atoms with E-state index in [0.29, 0.717) is 19.2 Å². The van der Waals surface area contributed by atoms with Gasteiger partial charge in [-0.25, -0.2) is 0 Å². The zero-order chi connectivity index (χ0) is 17.2. The summed E-state index contributed by atoms with van der Waals surface area (Å²) in [6, 6.07) is 8.49. The van der Waals surface area contributed by atoms with E-state index >= 15 is 0 Å². The van der Waals surface area contributed by atoms with E-state index in [-0.39, 0.29) is 24.0 Å². The Kier molecular flexibility index (Phi) is 10.8. The SMILES string of the molecule is CN=C(NCc1ccccc1OCCN1CCOCC1)NC(C)C.I. The van der Waals surface area contributed by atoms with Crippen molar-refractivity contribution in [2.24, 2.45) is 4.99 Å². The number of nitrogens with one attached hydrogen (secondary N) is 2. The molecule has 1 aliphatic heterocycles. The number of nitrogens with zero attached hydrogens (tertiary/aromatic N) is 2. The van der Waals surface area contributed by atoms with Crippen molar-refractivity contribution in [1.82, 2.24) is 15.5 Å². The number of hydrogen-bond acceptors (Lipinski definition) is 4. The molecule has 0 bridgehead atoms. The predicted molar refractivity (Wildman–Crippen MR) is 113 cm³/mol. The molecule has 1 saturated heterocycles. The molecule has 25 heavy (non-hydrogen) atoms. The molecular formula is C18H31IN4O2. The maximum atomic E-state index is 6.00. The lowest BCUT2D eigenvalue weighted by molar-refractivity contribution is 0.0322. The second-order valence-corrected chi connectivity index (χ2v) is 6.14. The monoisotopic (exact) mass is 462 g/mol. The second-order valence-electron chi connectivity index (χ2n) is 6.14. The van der Waals surface area contributed by atoms with Crippen LogP contribution in [0, 0.1) is 0 Å². The van der Waals surface area contributed by atoms with Gasteiger partial charge >= 0.3 is 0 Å². The molecule has 142 valence electrons. The van der Waals surface area contributed by atoms with Crippen LogP contribution in [0.25, 0.3) is 0 Å². The molecule has 0 aliphatic carbocycles. The zero-order valence-electron chi connectivity index (χ0n) is 15.5. The topological polar surface area (TPSA) is 58.1 Å². The lowest BCUT2D eigenvalue weighted by atomic mass is 10.2. The molecule has 1 aliphatic rings. The number of rotatable bonds is 7. The van der Waals surface area contributed by atoms with Crippen LogP contribution in [0.3, 0.4) is 0 Å². The molecule has 1 fully saturated rings. The van der Waals surface area contributed by atoms with E-state index in [0.717, 1.165) is 50.1 Å². The smallest absolute Gasteiger partial charge is 0.191 e. The minimum absolute atomic E-state index is 0. The molecule has 0 radical (unpaired) electrons. The van der Waals surface area contributed by atoms with E-state index in [1.54, 1.807) is 7.05 Å². The summed E-state index contributed by atoms with van der Waals surface area (Å²) >= 11 is 0. The largest absolute Gasteiger partial charge is 0.492 e. The van der Waals surface area contributed by atoms with Crippen LogP contribution in [0.15, 0.2) is 29.3 Å². The lowest BCUT2D eigenvalue weighted by Crippen LogP contribution is -2.40. The van der Waals surface area contributed by atoms with Gasteiger partial charge in [-0.2, -0.15) is 0 Å². The molecule has 0 aromatic heterocycles. The molecule has 0 spiro atoms. The highest BCUT2D eigenvalue weighted by Crippen LogP contribution is 2.17. The molecule has 0 amide bonds. The summed E-state index contributed by atoms with van der Waals surface area (Å²) in [6.45, 7) is 10.1. The molecule has 7 heteroatoms. The standard InChI is InChI=1S/C18H30N4O2.HI/c1-15(2)21-18(19-3)20-14-16-6-4-5-7-17(16)24-13-10-22-8-11-23-12-9-22;/h4-7,15H,8-14H2,1-3H3,(H2,19,20,21);1H. The molecule has 6 nitrogen and oxygen atoms in total. The van der Waals surface area contributed by atoms with E-state index in [9.17, 15) is 0 Å². The van der Waals surface area contributed by atoms with Crippen LogP contribution < -0.4 is 15.4 Å². The first-order valence-electron chi connectivity index (χ1n) is 8.67. The Balaban J connectivity index is 0.00000312. The summed E-state index contributed by atoms with van der Waals surface area (Å²) in [5.74, 6) is 1.73. The number of morpholine rings is 1. The number of hydrogen-bond donors (Lipinski definition) is 2. The van der Waals surface area contributed by atoms with Gasteiger partial charge in [0.2, 0.25) is 0 Å². The van der Waals surface area contributed by atoms with Gasteiger partial charge in [0.25, 0.3) is 0 Å². The molecule has 1 heterocycles. The third-order valence-corrected chi connectivity index (χ3v) is 3.84. The van der Waals surface area contributed by atoms with Crippen molar-refractivity contribution in [2.75, 3.05) is 46.5 Å². The van der Waals surface area contributed by atoms with Gasteiger partial charge in [0.15, 0.2) is 5.96 Å². The molecule has 2 N–H and O–H groups in total. The summed E-state index contributed by atoms with van der Waals surface area (Å²) in [5, 5.41) is 6.61. The van der Waals surface area contributed by atoms with Crippen molar-refractivity contribution in [2.45, 2.75) is 26.4 Å². The fraction of sp³-hybridized carbons (Fsp3) is 0.611. The number of para-hydroxylation sites is 1. The Hall–Kier alpha value is -1.06. The number of guanidine groups is 1. The van der Waals surface area contributed by atoms with Gasteiger partial charge in [-0.1, -0.05) is 18.2 Å². The first kappa shape index (κ1) is 22.0. The van der Waals surface area contributed by atoms with Crippen molar-refractivity contribution in [3.8, 4) is 5.75 Å². The number of halogens is 1. The quantitative estimate of drug-likeness (QED) is 0.369. The van der Waals surface area contributed by atoms with Gasteiger partial charge in [-0.15, -0.1) is 24.0 Å². The Morgan fingerprint density at radius 1 is 1.28 bits per heavy atom. The fourth-order valence-electron chi connectivity index (χ4n) is 2.55. The van der Waals surface area contributed by atoms with E-state index in [4.69, 9.17) is 9.47 Å². The lowest BCUT2D eigenvalue weighted by Gasteiger charge is -2.26. The Bertz CT molecular complexity index is 520. The van der Waals surface area contributed by atoms with E-state index in [2.05, 4.69) is 40.4 Å². The van der Waals surface area contributed by atoms with Crippen LogP contribution in [0.1, 0.15) is 19.4 Å². The molecule has 1 aromatic rings. The van der Waals surface area contributed by atoms with Gasteiger partial charge < -0.3 is 20.1 Å². The summed E-state index contributed by atoms with van der Waals surface area (Å²) in [6.07, 6.45) is 0. The van der Waals surface area contributed by atoms with Crippen LogP contribution in [0.2, 0.25) is 0 Å². The minimum atomic E-state index is 0. The molecule has 2 rings (SSSR count). The van der Waals surface area contributed by atoms with Crippen LogP contribution in [0.4, 0.5) is 0 Å². The van der Waals surface area contributed by atoms with Crippen LogP contribution in [0.5, 0.6) is 5.75 Å². The predicted octanol–water partition coefficient (Wildman–Crippen LogP) is 2.09. The zero-order valence-corrected chi connectivity index (χ0v) is 17.8. The van der Waals surface area contributed by atoms with Gasteiger partial charge in [-0.3, -0.25) is 9.89 Å². The summed E-state index contributed by atoms with van der Waals surface area (Å²) in [4.78, 5) is 6.61. The van der Waals surface area contributed by atoms with Crippen LogP contribution in [-0.4, -0.2) is 63.4 Å². The molecule has 0 atom stereocenters. The third kappa shape index (κ3) is 8.24. The minimum Gasteiger partial charge on any atom is -0.492 e. The third-order valence-electron chi connectivity index (χ3n) is 3.84. The van der Waals surface area contributed by atoms with Gasteiger partial charge in [-0.05, 0) is 19.9 Å². The Morgan fingerprint density at radius 2 is 2.00 bits per heavy atom. The summed E-state index contributed by atoms with van der Waals surface area (Å²) in [7, 11) is 1.78. The Labute approximate surface area is 168 Å². The highest BCUT2D eigenvalue weighted by atomic mass is 127. The van der Waals surface area contributed by atoms with E-state index < -0.39 is 0 Å². The second kappa shape index (κ2) is 12.3. The van der Waals surface area contributed by atoms with Gasteiger partial charge in [0.1, 0.15) is 12.4 Å². The van der Waals surface area contributed by atoms with E-state index in [1.165, 1.54) is 0 Å². The first-order chi connectivity index (χ1) is 11.7. The summed E-state index contributed by atoms with van der Waals surface area (Å²) < 4.78 is 11.4. The normalized spacial score (nSPS) is 15.6. The van der Waals surface area contributed by atoms with Crippen LogP contribution in [-0.2, 0) is 11.3 Å². The molecule has 1 aromatic carbocycles. The van der Waals surface area contributed by atoms with Crippen molar-refractivity contribution in [3.05, 3.63) is 29.8 Å². The number of aliphatic imine (C=N–C) groups is 1. The van der Waals surface area contributed by atoms with Crippen molar-refractivity contribution in [1.29, 1.82) is 0 Å². The van der Waals surface area contributed by atoms with Gasteiger partial charge in [0, 0.05) is 44.8 Å². The highest BCUT2D eigenvalue weighted by molar-refractivity contribution is 14.0. The number of ether oxygens (including phenoxy) is 2. The summed E-state index contributed by atoms with van der Waals surface area (Å²) in [5.41, 5.74) is 1.13. The van der Waals surface area contributed by atoms with Crippen molar-refractivity contribution >= 4 is 29.9 Å². The Morgan fingerprint density at radius 3 is 2.68 bits per heavy atom.